The number of carbonyl (C=O) groups is 2. The Hall–Kier alpha value is -1.05. The van der Waals surface area contributed by atoms with Gasteiger partial charge in [0.1, 0.15) is 6.10 Å². The highest BCUT2D eigenvalue weighted by atomic mass is 32.2. The number of ether oxygens (including phenoxy) is 2. The molecule has 3 heterocycles. The zero-order valence-electron chi connectivity index (χ0n) is 15.4. The predicted molar refractivity (Wildman–Crippen MR) is 99.8 cm³/mol. The standard InChI is InChI=1S/C19H29NO5S/c1-13-7-5-3-2-4-6-8-14-10-15(24-17(21)9-13)11-19(23,25-14)16-12-26-18(22)20-16/h9,14-16,23H,2-8,10-12H2,1H3,(H,20,22)/t14?,15-,16+,19-/m1/s1. The molecule has 146 valence electrons. The average Bonchev–Trinajstić information content (AvgIpc) is 3.00. The molecular weight excluding hydrogens is 354 g/mol. The summed E-state index contributed by atoms with van der Waals surface area (Å²) in [6.45, 7) is 1.96. The molecule has 2 saturated heterocycles. The van der Waals surface area contributed by atoms with E-state index in [1.807, 2.05) is 6.92 Å². The van der Waals surface area contributed by atoms with Crippen molar-refractivity contribution in [3.63, 3.8) is 0 Å². The van der Waals surface area contributed by atoms with Gasteiger partial charge in [0.25, 0.3) is 5.24 Å². The summed E-state index contributed by atoms with van der Waals surface area (Å²) in [5.74, 6) is -1.37. The number of allylic oxidation sites excluding steroid dienone is 1. The van der Waals surface area contributed by atoms with Crippen LogP contribution in [0.5, 0.6) is 0 Å². The van der Waals surface area contributed by atoms with Gasteiger partial charge in [-0.15, -0.1) is 0 Å². The second-order valence-electron chi connectivity index (χ2n) is 7.68. The van der Waals surface area contributed by atoms with Crippen molar-refractivity contribution in [1.29, 1.82) is 0 Å². The van der Waals surface area contributed by atoms with Crippen LogP contribution < -0.4 is 5.32 Å². The third-order valence-electron chi connectivity index (χ3n) is 5.38. The molecular formula is C19H29NO5S. The van der Waals surface area contributed by atoms with Crippen LogP contribution in [0, 0.1) is 0 Å². The molecule has 2 fully saturated rings. The van der Waals surface area contributed by atoms with Gasteiger partial charge in [-0.25, -0.2) is 4.79 Å². The lowest BCUT2D eigenvalue weighted by molar-refractivity contribution is -0.283. The highest BCUT2D eigenvalue weighted by Crippen LogP contribution is 2.36. The molecule has 0 aromatic rings. The second-order valence-corrected chi connectivity index (χ2v) is 8.67. The van der Waals surface area contributed by atoms with E-state index in [1.165, 1.54) is 6.42 Å². The average molecular weight is 384 g/mol. The lowest BCUT2D eigenvalue weighted by atomic mass is 9.91. The number of hydrogen-bond donors (Lipinski definition) is 2. The number of thioether (sulfide) groups is 1. The molecule has 1 unspecified atom stereocenters. The van der Waals surface area contributed by atoms with Gasteiger partial charge in [-0.1, -0.05) is 43.0 Å². The maximum atomic E-state index is 12.3. The summed E-state index contributed by atoms with van der Waals surface area (Å²) in [5, 5.41) is 13.7. The number of amides is 1. The molecule has 3 aliphatic heterocycles. The van der Waals surface area contributed by atoms with Crippen molar-refractivity contribution in [3.8, 4) is 0 Å². The predicted octanol–water partition coefficient (Wildman–Crippen LogP) is 3.28. The van der Waals surface area contributed by atoms with E-state index in [0.29, 0.717) is 12.2 Å². The maximum absolute atomic E-state index is 12.3. The molecule has 0 aromatic carbocycles. The molecule has 2 N–H and O–H groups in total. The van der Waals surface area contributed by atoms with Crippen molar-refractivity contribution in [2.75, 3.05) is 5.75 Å². The van der Waals surface area contributed by atoms with Crippen LogP contribution in [-0.4, -0.2) is 46.1 Å². The van der Waals surface area contributed by atoms with E-state index in [1.54, 1.807) is 6.08 Å². The summed E-state index contributed by atoms with van der Waals surface area (Å²) >= 11 is 1.15. The van der Waals surface area contributed by atoms with Crippen LogP contribution in [-0.2, 0) is 14.3 Å². The summed E-state index contributed by atoms with van der Waals surface area (Å²) in [6.07, 6.45) is 9.13. The number of aliphatic hydroxyl groups is 1. The first-order valence-corrected chi connectivity index (χ1v) is 10.6. The SMILES string of the molecule is CC1=CC(=O)O[C@@H]2CC(CCCCCCC1)O[C@@](O)([C@@H]1CSC(=O)N1)C2. The van der Waals surface area contributed by atoms with Crippen LogP contribution in [0.1, 0.15) is 64.7 Å². The van der Waals surface area contributed by atoms with Crippen LogP contribution in [0.25, 0.3) is 0 Å². The largest absolute Gasteiger partial charge is 0.459 e. The Labute approximate surface area is 159 Å². The molecule has 3 aliphatic rings. The number of nitrogens with one attached hydrogen (secondary N) is 1. The maximum Gasteiger partial charge on any atom is 0.330 e. The molecule has 1 amide bonds. The van der Waals surface area contributed by atoms with Crippen molar-refractivity contribution < 1.29 is 24.2 Å². The smallest absolute Gasteiger partial charge is 0.330 e. The number of carbonyl (C=O) groups excluding carboxylic acids is 2. The van der Waals surface area contributed by atoms with Crippen molar-refractivity contribution in [3.05, 3.63) is 11.6 Å². The highest BCUT2D eigenvalue weighted by Gasteiger charge is 2.49. The normalized spacial score (nSPS) is 37.3. The van der Waals surface area contributed by atoms with Gasteiger partial charge in [0.2, 0.25) is 0 Å². The number of esters is 1. The van der Waals surface area contributed by atoms with Crippen molar-refractivity contribution >= 4 is 23.0 Å². The molecule has 2 bridgehead atoms. The molecule has 0 saturated carbocycles. The topological polar surface area (TPSA) is 84.9 Å². The van der Waals surface area contributed by atoms with Gasteiger partial charge in [-0.05, 0) is 26.2 Å². The summed E-state index contributed by atoms with van der Waals surface area (Å²) in [7, 11) is 0. The monoisotopic (exact) mass is 383 g/mol. The summed E-state index contributed by atoms with van der Waals surface area (Å²) in [4.78, 5) is 23.8. The van der Waals surface area contributed by atoms with Crippen molar-refractivity contribution in [1.82, 2.24) is 5.32 Å². The fourth-order valence-corrected chi connectivity index (χ4v) is 4.87. The number of rotatable bonds is 1. The Morgan fingerprint density at radius 3 is 2.73 bits per heavy atom. The Morgan fingerprint density at radius 2 is 1.96 bits per heavy atom. The minimum atomic E-state index is -1.48. The molecule has 6 nitrogen and oxygen atoms in total. The molecule has 0 aliphatic carbocycles. The fraction of sp³-hybridized carbons (Fsp3) is 0.789. The van der Waals surface area contributed by atoms with Crippen LogP contribution >= 0.6 is 11.8 Å². The van der Waals surface area contributed by atoms with Gasteiger partial charge >= 0.3 is 5.97 Å². The minimum absolute atomic E-state index is 0.150. The molecule has 0 radical (unpaired) electrons. The van der Waals surface area contributed by atoms with Gasteiger partial charge in [0.15, 0.2) is 5.79 Å². The molecule has 0 aromatic heterocycles. The van der Waals surface area contributed by atoms with Gasteiger partial charge in [0, 0.05) is 24.7 Å². The highest BCUT2D eigenvalue weighted by molar-refractivity contribution is 8.14. The van der Waals surface area contributed by atoms with E-state index in [2.05, 4.69) is 5.32 Å². The molecule has 26 heavy (non-hydrogen) atoms. The number of fused-ring (bicyclic) bond motifs is 2. The van der Waals surface area contributed by atoms with Crippen LogP contribution in [0.4, 0.5) is 4.79 Å². The Kier molecular flexibility index (Phi) is 6.64. The van der Waals surface area contributed by atoms with E-state index in [4.69, 9.17) is 9.47 Å². The molecule has 3 rings (SSSR count). The van der Waals surface area contributed by atoms with Crippen LogP contribution in [0.2, 0.25) is 0 Å². The fourth-order valence-electron chi connectivity index (χ4n) is 3.98. The van der Waals surface area contributed by atoms with Crippen molar-refractivity contribution in [2.24, 2.45) is 0 Å². The van der Waals surface area contributed by atoms with Crippen LogP contribution in [0.15, 0.2) is 11.6 Å². The van der Waals surface area contributed by atoms with Crippen LogP contribution in [0.3, 0.4) is 0 Å². The lowest BCUT2D eigenvalue weighted by Crippen LogP contribution is -2.58. The number of hydrogen-bond acceptors (Lipinski definition) is 6. The summed E-state index contributed by atoms with van der Waals surface area (Å²) in [6, 6.07) is -0.472. The zero-order chi connectivity index (χ0) is 18.6. The quantitative estimate of drug-likeness (QED) is 0.676. The molecule has 0 spiro atoms. The third-order valence-corrected chi connectivity index (χ3v) is 6.26. The first-order valence-electron chi connectivity index (χ1n) is 9.66. The van der Waals surface area contributed by atoms with Gasteiger partial charge < -0.3 is 19.9 Å². The Bertz CT molecular complexity index is 566. The Morgan fingerprint density at radius 1 is 1.19 bits per heavy atom. The van der Waals surface area contributed by atoms with E-state index in [9.17, 15) is 14.7 Å². The first kappa shape index (κ1) is 19.7. The van der Waals surface area contributed by atoms with Gasteiger partial charge in [-0.2, -0.15) is 0 Å². The third kappa shape index (κ3) is 5.24. The summed E-state index contributed by atoms with van der Waals surface area (Å²) < 4.78 is 11.7. The van der Waals surface area contributed by atoms with E-state index in [-0.39, 0.29) is 23.7 Å². The van der Waals surface area contributed by atoms with E-state index < -0.39 is 17.9 Å². The summed E-state index contributed by atoms with van der Waals surface area (Å²) in [5.41, 5.74) is 1.03. The van der Waals surface area contributed by atoms with Gasteiger partial charge in [0.05, 0.1) is 12.1 Å². The van der Waals surface area contributed by atoms with E-state index >= 15 is 0 Å². The Balaban J connectivity index is 1.74. The van der Waals surface area contributed by atoms with Gasteiger partial charge in [-0.3, -0.25) is 4.79 Å². The zero-order valence-corrected chi connectivity index (χ0v) is 16.2. The first-order chi connectivity index (χ1) is 12.4. The molecule has 4 atom stereocenters. The lowest BCUT2D eigenvalue weighted by Gasteiger charge is -2.43. The van der Waals surface area contributed by atoms with Crippen molar-refractivity contribution in [2.45, 2.75) is 88.7 Å². The molecule has 7 heteroatoms. The van der Waals surface area contributed by atoms with E-state index in [0.717, 1.165) is 55.9 Å². The second kappa shape index (κ2) is 8.76. The minimum Gasteiger partial charge on any atom is -0.459 e.